The molecule has 3 aliphatic rings. The zero-order chi connectivity index (χ0) is 28.6. The number of carbonyl (C=O) groups excluding carboxylic acids is 2. The van der Waals surface area contributed by atoms with E-state index in [1.54, 1.807) is 30.3 Å². The maximum Gasteiger partial charge on any atom is 0.523 e. The molecule has 0 radical (unpaired) electrons. The molecular weight excluding hydrogens is 539 g/mol. The minimum absolute atomic E-state index is 0.107. The highest BCUT2D eigenvalue weighted by atomic mass is 32.2. The molecule has 1 aliphatic heterocycles. The maximum atomic E-state index is 13.7. The lowest BCUT2D eigenvalue weighted by Gasteiger charge is -2.45. The van der Waals surface area contributed by atoms with Crippen LogP contribution in [0.1, 0.15) is 54.9 Å². The second kappa shape index (κ2) is 9.19. The highest BCUT2D eigenvalue weighted by molar-refractivity contribution is 7.87. The number of amides is 2. The summed E-state index contributed by atoms with van der Waals surface area (Å²) in [7, 11) is -8.76. The van der Waals surface area contributed by atoms with E-state index < -0.39 is 59.1 Å². The summed E-state index contributed by atoms with van der Waals surface area (Å²) in [6.07, 6.45) is -0.252. The summed E-state index contributed by atoms with van der Waals surface area (Å²) in [5, 5.41) is 0. The molecule has 2 amide bonds. The predicted molar refractivity (Wildman–Crippen MR) is 138 cm³/mol. The Morgan fingerprint density at radius 3 is 1.97 bits per heavy atom. The fourth-order valence-corrected chi connectivity index (χ4v) is 13.4. The lowest BCUT2D eigenvalue weighted by molar-refractivity contribution is -0.126. The largest absolute Gasteiger partial charge is 0.545 e. The normalized spacial score (nSPS) is 27.9. The molecule has 1 aromatic rings. The van der Waals surface area contributed by atoms with Gasteiger partial charge in [0.05, 0.1) is 23.3 Å². The molecule has 2 fully saturated rings. The summed E-state index contributed by atoms with van der Waals surface area (Å²) in [6, 6.07) is 8.05. The number of nitrogens with zero attached hydrogens (tertiary/aromatic N) is 1. The van der Waals surface area contributed by atoms with Crippen LogP contribution in [-0.2, 0) is 28.3 Å². The van der Waals surface area contributed by atoms with Gasteiger partial charge >= 0.3 is 15.6 Å². The van der Waals surface area contributed by atoms with Crippen molar-refractivity contribution >= 4 is 35.9 Å². The number of benzene rings is 1. The van der Waals surface area contributed by atoms with Crippen molar-refractivity contribution in [2.24, 2.45) is 17.8 Å². The van der Waals surface area contributed by atoms with Crippen LogP contribution < -0.4 is 4.90 Å². The second-order valence-corrected chi connectivity index (χ2v) is 18.4. The SMILES string of the molecule is CC1=C(O[Si](C(C)C)(C(C)C)C(C)C)C2CC1(OS(=O)(=O)C(F)(F)F)[C@H]1C(=O)N(c3ccccc3)C(=O)[C@@H]21. The number of alkyl halides is 3. The third-order valence-electron chi connectivity index (χ3n) is 8.70. The smallest absolute Gasteiger partial charge is 0.523 e. The van der Waals surface area contributed by atoms with Crippen LogP contribution in [0.3, 0.4) is 0 Å². The number of hydrogen-bond acceptors (Lipinski definition) is 6. The molecule has 38 heavy (non-hydrogen) atoms. The molecule has 4 rings (SSSR count). The molecule has 0 N–H and O–H groups in total. The minimum atomic E-state index is -6.10. The van der Waals surface area contributed by atoms with Crippen molar-refractivity contribution in [2.75, 3.05) is 4.90 Å². The van der Waals surface area contributed by atoms with E-state index in [1.807, 2.05) is 41.5 Å². The third kappa shape index (κ3) is 3.89. The van der Waals surface area contributed by atoms with E-state index in [-0.39, 0.29) is 34.3 Å². The number of fused-ring (bicyclic) bond motifs is 5. The first-order valence-electron chi connectivity index (χ1n) is 12.8. The van der Waals surface area contributed by atoms with Crippen LogP contribution in [0.4, 0.5) is 18.9 Å². The van der Waals surface area contributed by atoms with E-state index in [4.69, 9.17) is 8.61 Å². The van der Waals surface area contributed by atoms with Gasteiger partial charge in [0, 0.05) is 5.92 Å². The Hall–Kier alpha value is -2.18. The van der Waals surface area contributed by atoms with Crippen molar-refractivity contribution in [1.82, 2.24) is 0 Å². The van der Waals surface area contributed by atoms with Crippen LogP contribution in [0, 0.1) is 17.8 Å². The van der Waals surface area contributed by atoms with Crippen molar-refractivity contribution < 1.29 is 39.8 Å². The molecule has 1 saturated heterocycles. The fraction of sp³-hybridized carbons (Fsp3) is 0.615. The maximum absolute atomic E-state index is 13.7. The number of anilines is 1. The van der Waals surface area contributed by atoms with Gasteiger partial charge < -0.3 is 4.43 Å². The van der Waals surface area contributed by atoms with Gasteiger partial charge in [0.2, 0.25) is 11.8 Å². The fourth-order valence-electron chi connectivity index (χ4n) is 7.22. The molecule has 7 nitrogen and oxygen atoms in total. The lowest BCUT2D eigenvalue weighted by atomic mass is 9.78. The molecule has 12 heteroatoms. The van der Waals surface area contributed by atoms with Crippen molar-refractivity contribution in [1.29, 1.82) is 0 Å². The molecule has 2 aliphatic carbocycles. The molecule has 1 saturated carbocycles. The predicted octanol–water partition coefficient (Wildman–Crippen LogP) is 5.90. The Balaban J connectivity index is 1.90. The van der Waals surface area contributed by atoms with E-state index in [2.05, 4.69) is 0 Å². The van der Waals surface area contributed by atoms with E-state index >= 15 is 0 Å². The molecule has 0 spiro atoms. The highest BCUT2D eigenvalue weighted by Crippen LogP contribution is 2.65. The van der Waals surface area contributed by atoms with E-state index in [0.717, 1.165) is 4.90 Å². The van der Waals surface area contributed by atoms with Crippen LogP contribution in [0.15, 0.2) is 41.7 Å². The van der Waals surface area contributed by atoms with Crippen molar-refractivity contribution in [2.45, 2.75) is 82.6 Å². The number of imide groups is 1. The molecular formula is C26H34F3NO6SSi. The van der Waals surface area contributed by atoms with Crippen LogP contribution >= 0.6 is 0 Å². The van der Waals surface area contributed by atoms with Gasteiger partial charge in [-0.3, -0.25) is 13.8 Å². The second-order valence-electron chi connectivity index (χ2n) is 11.4. The summed E-state index contributed by atoms with van der Waals surface area (Å²) in [6.45, 7) is 13.7. The minimum Gasteiger partial charge on any atom is -0.545 e. The van der Waals surface area contributed by atoms with Gasteiger partial charge in [0.1, 0.15) is 5.60 Å². The Morgan fingerprint density at radius 1 is 0.974 bits per heavy atom. The van der Waals surface area contributed by atoms with Crippen LogP contribution in [0.5, 0.6) is 0 Å². The van der Waals surface area contributed by atoms with Crippen molar-refractivity contribution in [3.8, 4) is 0 Å². The number of carbonyl (C=O) groups is 2. The Morgan fingerprint density at radius 2 is 1.50 bits per heavy atom. The van der Waals surface area contributed by atoms with Gasteiger partial charge in [0.15, 0.2) is 0 Å². The first-order valence-corrected chi connectivity index (χ1v) is 16.3. The van der Waals surface area contributed by atoms with Gasteiger partial charge in [-0.25, -0.2) is 4.90 Å². The summed E-state index contributed by atoms with van der Waals surface area (Å²) in [5.74, 6) is -4.35. The van der Waals surface area contributed by atoms with Crippen LogP contribution in [-0.4, -0.2) is 39.7 Å². The Kier molecular flexibility index (Phi) is 6.97. The van der Waals surface area contributed by atoms with E-state index in [1.165, 1.54) is 6.92 Å². The zero-order valence-corrected chi connectivity index (χ0v) is 24.3. The average molecular weight is 574 g/mol. The molecule has 1 heterocycles. The number of allylic oxidation sites excluding steroid dienone is 1. The molecule has 1 aromatic carbocycles. The topological polar surface area (TPSA) is 90.0 Å². The monoisotopic (exact) mass is 573 g/mol. The van der Waals surface area contributed by atoms with Gasteiger partial charge in [-0.2, -0.15) is 21.6 Å². The molecule has 2 unspecified atom stereocenters. The quantitative estimate of drug-likeness (QED) is 0.167. The van der Waals surface area contributed by atoms with Crippen molar-refractivity contribution in [3.63, 3.8) is 0 Å². The average Bonchev–Trinajstić information content (AvgIpc) is 3.36. The lowest BCUT2D eigenvalue weighted by Crippen LogP contribution is -2.50. The molecule has 0 aromatic heterocycles. The molecule has 210 valence electrons. The number of hydrogen-bond donors (Lipinski definition) is 0. The van der Waals surface area contributed by atoms with Crippen LogP contribution in [0.2, 0.25) is 16.6 Å². The van der Waals surface area contributed by atoms with Gasteiger partial charge in [-0.05, 0) is 47.7 Å². The van der Waals surface area contributed by atoms with Gasteiger partial charge in [-0.1, -0.05) is 59.7 Å². The van der Waals surface area contributed by atoms with Gasteiger partial charge in [0.25, 0.3) is 8.32 Å². The highest BCUT2D eigenvalue weighted by Gasteiger charge is 2.74. The number of halogens is 3. The first kappa shape index (κ1) is 28.8. The van der Waals surface area contributed by atoms with Gasteiger partial charge in [-0.15, -0.1) is 0 Å². The summed E-state index contributed by atoms with van der Waals surface area (Å²) in [4.78, 5) is 28.3. The summed E-state index contributed by atoms with van der Waals surface area (Å²) >= 11 is 0. The van der Waals surface area contributed by atoms with E-state index in [0.29, 0.717) is 5.76 Å². The Labute approximate surface area is 222 Å². The first-order chi connectivity index (χ1) is 17.4. The summed E-state index contributed by atoms with van der Waals surface area (Å²) in [5.41, 5.74) is -7.14. The standard InChI is InChI=1S/C26H34F3NO6SSi/c1-14(2)38(15(3)4,16(5)6)35-22-17(7)25(36-37(33,34)26(27,28)29)13-19(22)20-21(25)24(32)30(23(20)31)18-11-9-8-10-12-18/h8-12,14-16,19-21H,13H2,1-7H3/t19?,20-,21+,25?/m0/s1. The molecule has 4 atom stereocenters. The van der Waals surface area contributed by atoms with Crippen LogP contribution in [0.25, 0.3) is 0 Å². The molecule has 2 bridgehead atoms. The number of para-hydroxylation sites is 1. The van der Waals surface area contributed by atoms with Crippen molar-refractivity contribution in [3.05, 3.63) is 41.7 Å². The van der Waals surface area contributed by atoms with E-state index in [9.17, 15) is 31.2 Å². The summed E-state index contributed by atoms with van der Waals surface area (Å²) < 4.78 is 77.3. The number of rotatable bonds is 8. The third-order valence-corrected chi connectivity index (χ3v) is 15.8. The zero-order valence-electron chi connectivity index (χ0n) is 22.5. The Bertz CT molecular complexity index is 1260.